The molecule has 1 amide bonds. The second-order valence-electron chi connectivity index (χ2n) is 7.05. The fourth-order valence-electron chi connectivity index (χ4n) is 3.86. The number of aromatic nitrogens is 2. The van der Waals surface area contributed by atoms with Gasteiger partial charge < -0.3 is 4.90 Å². The molecule has 1 fully saturated rings. The molecule has 4 nitrogen and oxygen atoms in total. The number of rotatable bonds is 3. The van der Waals surface area contributed by atoms with E-state index in [0.29, 0.717) is 12.1 Å². The lowest BCUT2D eigenvalue weighted by molar-refractivity contribution is 0.0735. The van der Waals surface area contributed by atoms with Crippen molar-refractivity contribution < 1.29 is 9.18 Å². The Labute approximate surface area is 158 Å². The number of carbonyl (C=O) groups is 1. The molecule has 3 aromatic rings. The van der Waals surface area contributed by atoms with Crippen molar-refractivity contribution in [2.75, 3.05) is 6.54 Å². The van der Waals surface area contributed by atoms with Crippen LogP contribution in [0.1, 0.15) is 46.1 Å². The maximum absolute atomic E-state index is 13.3. The first kappa shape index (κ1) is 17.5. The summed E-state index contributed by atoms with van der Waals surface area (Å²) in [4.78, 5) is 15.1. The number of para-hydroxylation sites is 1. The van der Waals surface area contributed by atoms with Gasteiger partial charge in [-0.05, 0) is 56.0 Å². The van der Waals surface area contributed by atoms with E-state index in [4.69, 9.17) is 0 Å². The molecular weight excluding hydrogens is 341 g/mol. The second-order valence-corrected chi connectivity index (χ2v) is 7.05. The number of hydrogen-bond donors (Lipinski definition) is 0. The van der Waals surface area contributed by atoms with E-state index < -0.39 is 0 Å². The lowest BCUT2D eigenvalue weighted by atomic mass is 10.0. The first-order valence-corrected chi connectivity index (χ1v) is 9.23. The number of halogens is 1. The number of likely N-dealkylation sites (tertiary alicyclic amines) is 1. The third-order valence-electron chi connectivity index (χ3n) is 5.35. The first-order chi connectivity index (χ1) is 13.1. The van der Waals surface area contributed by atoms with E-state index in [-0.39, 0.29) is 17.8 Å². The van der Waals surface area contributed by atoms with Gasteiger partial charge in [0, 0.05) is 6.54 Å². The monoisotopic (exact) mass is 363 g/mol. The fraction of sp³-hybridized carbons (Fsp3) is 0.273. The van der Waals surface area contributed by atoms with E-state index in [2.05, 4.69) is 5.10 Å². The zero-order chi connectivity index (χ0) is 19.0. The number of benzene rings is 2. The van der Waals surface area contributed by atoms with Gasteiger partial charge in [-0.2, -0.15) is 5.10 Å². The molecule has 27 heavy (non-hydrogen) atoms. The highest BCUT2D eigenvalue weighted by Crippen LogP contribution is 2.33. The highest BCUT2D eigenvalue weighted by Gasteiger charge is 2.32. The number of carbonyl (C=O) groups excluding carboxylic acids is 1. The van der Waals surface area contributed by atoms with E-state index in [0.717, 1.165) is 35.3 Å². The molecule has 2 aromatic carbocycles. The Hall–Kier alpha value is -2.95. The molecule has 0 N–H and O–H groups in total. The van der Waals surface area contributed by atoms with Gasteiger partial charge in [-0.3, -0.25) is 4.79 Å². The quantitative estimate of drug-likeness (QED) is 0.682. The predicted molar refractivity (Wildman–Crippen MR) is 102 cm³/mol. The molecule has 2 heterocycles. The van der Waals surface area contributed by atoms with Crippen LogP contribution < -0.4 is 0 Å². The summed E-state index contributed by atoms with van der Waals surface area (Å²) in [7, 11) is 0. The lowest BCUT2D eigenvalue weighted by Gasteiger charge is -2.25. The van der Waals surface area contributed by atoms with Crippen molar-refractivity contribution in [1.29, 1.82) is 0 Å². The SMILES string of the molecule is Cc1ccccc1-n1ncc(C(=O)N2CCCC2c2ccc(F)cc2)c1C. The molecule has 0 saturated carbocycles. The van der Waals surface area contributed by atoms with Gasteiger partial charge in [-0.25, -0.2) is 9.07 Å². The largest absolute Gasteiger partial charge is 0.331 e. The van der Waals surface area contributed by atoms with Crippen molar-refractivity contribution in [3.05, 3.63) is 82.9 Å². The zero-order valence-corrected chi connectivity index (χ0v) is 15.5. The fourth-order valence-corrected chi connectivity index (χ4v) is 3.86. The maximum Gasteiger partial charge on any atom is 0.257 e. The summed E-state index contributed by atoms with van der Waals surface area (Å²) in [6.07, 6.45) is 3.49. The van der Waals surface area contributed by atoms with Crippen LogP contribution in [0.4, 0.5) is 4.39 Å². The standard InChI is InChI=1S/C22H22FN3O/c1-15-6-3-4-7-20(15)26-16(2)19(14-24-26)22(27)25-13-5-8-21(25)17-9-11-18(23)12-10-17/h3-4,6-7,9-12,14,21H,5,8,13H2,1-2H3. The lowest BCUT2D eigenvalue weighted by Crippen LogP contribution is -2.30. The Morgan fingerprint density at radius 2 is 1.85 bits per heavy atom. The normalized spacial score (nSPS) is 16.7. The summed E-state index contributed by atoms with van der Waals surface area (Å²) in [5.74, 6) is -0.274. The molecule has 5 heteroatoms. The van der Waals surface area contributed by atoms with Crippen LogP contribution in [0.3, 0.4) is 0 Å². The van der Waals surface area contributed by atoms with E-state index in [1.54, 1.807) is 18.3 Å². The molecular formula is C22H22FN3O. The Morgan fingerprint density at radius 3 is 2.59 bits per heavy atom. The number of amides is 1. The van der Waals surface area contributed by atoms with Crippen molar-refractivity contribution in [2.45, 2.75) is 32.7 Å². The smallest absolute Gasteiger partial charge is 0.257 e. The highest BCUT2D eigenvalue weighted by atomic mass is 19.1. The summed E-state index contributed by atoms with van der Waals surface area (Å²) in [5, 5.41) is 4.47. The van der Waals surface area contributed by atoms with E-state index in [1.165, 1.54) is 12.1 Å². The molecule has 1 aliphatic heterocycles. The van der Waals surface area contributed by atoms with Crippen LogP contribution in [0.25, 0.3) is 5.69 Å². The summed E-state index contributed by atoms with van der Waals surface area (Å²) in [6, 6.07) is 14.4. The minimum atomic E-state index is -0.259. The molecule has 4 rings (SSSR count). The van der Waals surface area contributed by atoms with Gasteiger partial charge in [-0.15, -0.1) is 0 Å². The van der Waals surface area contributed by atoms with Crippen LogP contribution in [-0.4, -0.2) is 27.1 Å². The van der Waals surface area contributed by atoms with Crippen LogP contribution in [0.2, 0.25) is 0 Å². The molecule has 0 radical (unpaired) electrons. The van der Waals surface area contributed by atoms with Gasteiger partial charge in [0.15, 0.2) is 0 Å². The Kier molecular flexibility index (Phi) is 4.52. The highest BCUT2D eigenvalue weighted by molar-refractivity contribution is 5.95. The molecule has 1 atom stereocenters. The van der Waals surface area contributed by atoms with Crippen molar-refractivity contribution in [2.24, 2.45) is 0 Å². The van der Waals surface area contributed by atoms with Crippen LogP contribution in [-0.2, 0) is 0 Å². The summed E-state index contributed by atoms with van der Waals surface area (Å²) < 4.78 is 15.1. The predicted octanol–water partition coefficient (Wildman–Crippen LogP) is 4.61. The van der Waals surface area contributed by atoms with Crippen LogP contribution in [0.5, 0.6) is 0 Å². The number of hydrogen-bond acceptors (Lipinski definition) is 2. The Balaban J connectivity index is 1.65. The topological polar surface area (TPSA) is 38.1 Å². The van der Waals surface area contributed by atoms with Crippen LogP contribution in [0, 0.1) is 19.7 Å². The van der Waals surface area contributed by atoms with Crippen molar-refractivity contribution in [1.82, 2.24) is 14.7 Å². The molecule has 1 unspecified atom stereocenters. The van der Waals surface area contributed by atoms with E-state index in [1.807, 2.05) is 47.7 Å². The molecule has 138 valence electrons. The number of nitrogens with zero attached hydrogens (tertiary/aromatic N) is 3. The average Bonchev–Trinajstić information content (AvgIpc) is 3.29. The number of aryl methyl sites for hydroxylation is 1. The van der Waals surface area contributed by atoms with Gasteiger partial charge in [0.2, 0.25) is 0 Å². The van der Waals surface area contributed by atoms with Gasteiger partial charge in [0.1, 0.15) is 5.82 Å². The van der Waals surface area contributed by atoms with Crippen LogP contribution in [0.15, 0.2) is 54.7 Å². The van der Waals surface area contributed by atoms with Crippen molar-refractivity contribution >= 4 is 5.91 Å². The third kappa shape index (κ3) is 3.14. The van der Waals surface area contributed by atoms with Gasteiger partial charge in [-0.1, -0.05) is 30.3 Å². The van der Waals surface area contributed by atoms with Crippen molar-refractivity contribution in [3.63, 3.8) is 0 Å². The molecule has 1 aromatic heterocycles. The summed E-state index contributed by atoms with van der Waals surface area (Å²) in [5.41, 5.74) is 4.51. The first-order valence-electron chi connectivity index (χ1n) is 9.23. The van der Waals surface area contributed by atoms with Crippen LogP contribution >= 0.6 is 0 Å². The molecule has 0 bridgehead atoms. The Morgan fingerprint density at radius 1 is 1.11 bits per heavy atom. The molecule has 1 aliphatic rings. The summed E-state index contributed by atoms with van der Waals surface area (Å²) >= 11 is 0. The summed E-state index contributed by atoms with van der Waals surface area (Å²) in [6.45, 7) is 4.66. The van der Waals surface area contributed by atoms with Gasteiger partial charge in [0.05, 0.1) is 29.2 Å². The zero-order valence-electron chi connectivity index (χ0n) is 15.5. The molecule has 1 saturated heterocycles. The van der Waals surface area contributed by atoms with E-state index in [9.17, 15) is 9.18 Å². The van der Waals surface area contributed by atoms with E-state index >= 15 is 0 Å². The minimum absolute atomic E-state index is 0.0145. The molecule has 0 spiro atoms. The average molecular weight is 363 g/mol. The van der Waals surface area contributed by atoms with Crippen molar-refractivity contribution in [3.8, 4) is 5.69 Å². The molecule has 0 aliphatic carbocycles. The third-order valence-corrected chi connectivity index (χ3v) is 5.35. The van der Waals surface area contributed by atoms with Gasteiger partial charge >= 0.3 is 0 Å². The minimum Gasteiger partial charge on any atom is -0.331 e. The Bertz CT molecular complexity index is 977. The second kappa shape index (κ2) is 6.99. The maximum atomic E-state index is 13.3. The van der Waals surface area contributed by atoms with Gasteiger partial charge in [0.25, 0.3) is 5.91 Å².